The van der Waals surface area contributed by atoms with Crippen LogP contribution in [0.25, 0.3) is 0 Å². The molecule has 1 aliphatic rings. The molecule has 3 rings (SSSR count). The SMILES string of the molecule is N#Cc1ccc(C(=O)N2CCc3ccccc3C2)nc1. The zero-order chi connectivity index (χ0) is 13.9. The highest BCUT2D eigenvalue weighted by Gasteiger charge is 2.22. The minimum absolute atomic E-state index is 0.0796. The van der Waals surface area contributed by atoms with Crippen LogP contribution in [0.4, 0.5) is 0 Å². The number of nitriles is 1. The van der Waals surface area contributed by atoms with Gasteiger partial charge in [0.2, 0.25) is 0 Å². The molecule has 2 aromatic rings. The van der Waals surface area contributed by atoms with Crippen molar-refractivity contribution in [2.75, 3.05) is 6.54 Å². The minimum Gasteiger partial charge on any atom is -0.333 e. The van der Waals surface area contributed by atoms with Gasteiger partial charge >= 0.3 is 0 Å². The summed E-state index contributed by atoms with van der Waals surface area (Å²) in [4.78, 5) is 18.3. The maximum absolute atomic E-state index is 12.4. The molecule has 0 saturated carbocycles. The number of amides is 1. The third kappa shape index (κ3) is 2.26. The molecule has 1 aliphatic heterocycles. The molecule has 20 heavy (non-hydrogen) atoms. The lowest BCUT2D eigenvalue weighted by molar-refractivity contribution is 0.0729. The number of rotatable bonds is 1. The van der Waals surface area contributed by atoms with Crippen LogP contribution < -0.4 is 0 Å². The van der Waals surface area contributed by atoms with Crippen molar-refractivity contribution in [3.05, 3.63) is 65.0 Å². The van der Waals surface area contributed by atoms with E-state index in [1.54, 1.807) is 17.0 Å². The monoisotopic (exact) mass is 263 g/mol. The number of hydrogen-bond donors (Lipinski definition) is 0. The van der Waals surface area contributed by atoms with Gasteiger partial charge < -0.3 is 4.90 Å². The second kappa shape index (κ2) is 5.14. The Kier molecular flexibility index (Phi) is 3.18. The molecule has 0 aliphatic carbocycles. The Balaban J connectivity index is 1.80. The molecule has 0 unspecified atom stereocenters. The van der Waals surface area contributed by atoms with E-state index >= 15 is 0 Å². The molecule has 2 heterocycles. The molecule has 4 nitrogen and oxygen atoms in total. The number of pyridine rings is 1. The molecule has 1 amide bonds. The average Bonchev–Trinajstić information content (AvgIpc) is 2.54. The maximum Gasteiger partial charge on any atom is 0.272 e. The van der Waals surface area contributed by atoms with Gasteiger partial charge in [-0.3, -0.25) is 4.79 Å². The van der Waals surface area contributed by atoms with Crippen molar-refractivity contribution in [3.8, 4) is 6.07 Å². The van der Waals surface area contributed by atoms with Gasteiger partial charge in [0.1, 0.15) is 11.8 Å². The van der Waals surface area contributed by atoms with Crippen molar-refractivity contribution in [1.29, 1.82) is 5.26 Å². The molecule has 0 radical (unpaired) electrons. The van der Waals surface area contributed by atoms with E-state index in [1.807, 2.05) is 18.2 Å². The molecule has 1 aromatic heterocycles. The molecule has 0 saturated heterocycles. The molecule has 98 valence electrons. The third-order valence-electron chi connectivity index (χ3n) is 3.53. The Morgan fingerprint density at radius 2 is 2.00 bits per heavy atom. The highest BCUT2D eigenvalue weighted by Crippen LogP contribution is 2.19. The van der Waals surface area contributed by atoms with Crippen LogP contribution in [0, 0.1) is 11.3 Å². The van der Waals surface area contributed by atoms with Crippen LogP contribution in [0.5, 0.6) is 0 Å². The molecule has 0 bridgehead atoms. The van der Waals surface area contributed by atoms with Crippen LogP contribution in [-0.4, -0.2) is 22.3 Å². The highest BCUT2D eigenvalue weighted by molar-refractivity contribution is 5.92. The first-order valence-corrected chi connectivity index (χ1v) is 6.50. The third-order valence-corrected chi connectivity index (χ3v) is 3.53. The number of carbonyl (C=O) groups is 1. The first-order chi connectivity index (χ1) is 9.78. The Bertz CT molecular complexity index is 686. The van der Waals surface area contributed by atoms with Crippen LogP contribution in [0.2, 0.25) is 0 Å². The molecular formula is C16H13N3O. The second-order valence-corrected chi connectivity index (χ2v) is 4.79. The fourth-order valence-corrected chi connectivity index (χ4v) is 2.42. The quantitative estimate of drug-likeness (QED) is 0.792. The largest absolute Gasteiger partial charge is 0.333 e. The van der Waals surface area contributed by atoms with Crippen LogP contribution in [-0.2, 0) is 13.0 Å². The summed E-state index contributed by atoms with van der Waals surface area (Å²) in [5.41, 5.74) is 3.36. The number of fused-ring (bicyclic) bond motifs is 1. The molecule has 4 heteroatoms. The Hall–Kier alpha value is -2.67. The smallest absolute Gasteiger partial charge is 0.272 e. The number of nitrogens with zero attached hydrogens (tertiary/aromatic N) is 3. The van der Waals surface area contributed by atoms with Crippen molar-refractivity contribution in [2.24, 2.45) is 0 Å². The van der Waals surface area contributed by atoms with Gasteiger partial charge in [-0.1, -0.05) is 24.3 Å². The number of aromatic nitrogens is 1. The van der Waals surface area contributed by atoms with E-state index < -0.39 is 0 Å². The number of hydrogen-bond acceptors (Lipinski definition) is 3. The van der Waals surface area contributed by atoms with E-state index in [2.05, 4.69) is 17.1 Å². The van der Waals surface area contributed by atoms with Gasteiger partial charge in [-0.25, -0.2) is 4.98 Å². The highest BCUT2D eigenvalue weighted by atomic mass is 16.2. The molecule has 0 atom stereocenters. The van der Waals surface area contributed by atoms with Crippen molar-refractivity contribution < 1.29 is 4.79 Å². The van der Waals surface area contributed by atoms with Gasteiger partial charge in [0, 0.05) is 19.3 Å². The van der Waals surface area contributed by atoms with Crippen molar-refractivity contribution in [2.45, 2.75) is 13.0 Å². The first kappa shape index (κ1) is 12.4. The van der Waals surface area contributed by atoms with Crippen LogP contribution >= 0.6 is 0 Å². The summed E-state index contributed by atoms with van der Waals surface area (Å²) in [6.07, 6.45) is 2.31. The summed E-state index contributed by atoms with van der Waals surface area (Å²) in [7, 11) is 0. The van der Waals surface area contributed by atoms with E-state index in [0.29, 0.717) is 24.3 Å². The normalized spacial score (nSPS) is 13.4. The lowest BCUT2D eigenvalue weighted by Crippen LogP contribution is -2.36. The summed E-state index contributed by atoms with van der Waals surface area (Å²) in [5.74, 6) is -0.0796. The average molecular weight is 263 g/mol. The molecule has 0 spiro atoms. The van der Waals surface area contributed by atoms with Gasteiger partial charge in [0.15, 0.2) is 0 Å². The Morgan fingerprint density at radius 1 is 1.20 bits per heavy atom. The lowest BCUT2D eigenvalue weighted by Gasteiger charge is -2.28. The predicted octanol–water partition coefficient (Wildman–Crippen LogP) is 2.15. The minimum atomic E-state index is -0.0796. The van der Waals surface area contributed by atoms with Crippen LogP contribution in [0.3, 0.4) is 0 Å². The van der Waals surface area contributed by atoms with Crippen LogP contribution in [0.1, 0.15) is 27.2 Å². The maximum atomic E-state index is 12.4. The van der Waals surface area contributed by atoms with E-state index in [9.17, 15) is 4.79 Å². The first-order valence-electron chi connectivity index (χ1n) is 6.50. The van der Waals surface area contributed by atoms with Crippen molar-refractivity contribution in [1.82, 2.24) is 9.88 Å². The Labute approximate surface area is 117 Å². The second-order valence-electron chi connectivity index (χ2n) is 4.79. The van der Waals surface area contributed by atoms with Crippen LogP contribution in [0.15, 0.2) is 42.6 Å². The molecule has 1 aromatic carbocycles. The van der Waals surface area contributed by atoms with Crippen molar-refractivity contribution in [3.63, 3.8) is 0 Å². The molecule has 0 N–H and O–H groups in total. The van der Waals surface area contributed by atoms with E-state index in [0.717, 1.165) is 6.42 Å². The summed E-state index contributed by atoms with van der Waals surface area (Å²) in [5, 5.41) is 8.74. The van der Waals surface area contributed by atoms with Crippen molar-refractivity contribution >= 4 is 5.91 Å². The standard InChI is InChI=1S/C16H13N3O/c17-9-12-5-6-15(18-10-12)16(20)19-8-7-13-3-1-2-4-14(13)11-19/h1-6,10H,7-8,11H2. The van der Waals surface area contributed by atoms with E-state index in [1.165, 1.54) is 17.3 Å². The molecule has 0 fully saturated rings. The summed E-state index contributed by atoms with van der Waals surface area (Å²) in [6, 6.07) is 13.4. The molecular weight excluding hydrogens is 250 g/mol. The fraction of sp³-hybridized carbons (Fsp3) is 0.188. The lowest BCUT2D eigenvalue weighted by atomic mass is 10.00. The zero-order valence-electron chi connectivity index (χ0n) is 10.9. The number of carbonyl (C=O) groups excluding carboxylic acids is 1. The summed E-state index contributed by atoms with van der Waals surface area (Å²) >= 11 is 0. The van der Waals surface area contributed by atoms with Gasteiger partial charge in [-0.2, -0.15) is 5.26 Å². The van der Waals surface area contributed by atoms with Gasteiger partial charge in [-0.05, 0) is 29.7 Å². The van der Waals surface area contributed by atoms with Gasteiger partial charge in [-0.15, -0.1) is 0 Å². The summed E-state index contributed by atoms with van der Waals surface area (Å²) < 4.78 is 0. The number of benzene rings is 1. The topological polar surface area (TPSA) is 57.0 Å². The van der Waals surface area contributed by atoms with E-state index in [4.69, 9.17) is 5.26 Å². The van der Waals surface area contributed by atoms with Gasteiger partial charge in [0.05, 0.1) is 5.56 Å². The van der Waals surface area contributed by atoms with E-state index in [-0.39, 0.29) is 5.91 Å². The zero-order valence-corrected chi connectivity index (χ0v) is 10.9. The predicted molar refractivity (Wildman–Crippen MR) is 73.8 cm³/mol. The summed E-state index contributed by atoms with van der Waals surface area (Å²) in [6.45, 7) is 1.33. The van der Waals surface area contributed by atoms with Gasteiger partial charge in [0.25, 0.3) is 5.91 Å². The fourth-order valence-electron chi connectivity index (χ4n) is 2.42. The Morgan fingerprint density at radius 3 is 2.70 bits per heavy atom.